The highest BCUT2D eigenvalue weighted by molar-refractivity contribution is 5.73. The molecule has 0 atom stereocenters. The quantitative estimate of drug-likeness (QED) is 0.648. The Morgan fingerprint density at radius 1 is 1.00 bits per heavy atom. The number of aryl methyl sites for hydroxylation is 2. The molecule has 25 heavy (non-hydrogen) atoms. The third kappa shape index (κ3) is 2.76. The van der Waals surface area contributed by atoms with Gasteiger partial charge in [-0.3, -0.25) is 0 Å². The number of pyridine rings is 1. The molecule has 1 aliphatic heterocycles. The number of fused-ring (bicyclic) bond motifs is 2. The fraction of sp³-hybridized carbons (Fsp3) is 0.522. The van der Waals surface area contributed by atoms with Crippen molar-refractivity contribution in [1.29, 1.82) is 0 Å². The van der Waals surface area contributed by atoms with Crippen LogP contribution in [0.15, 0.2) is 36.5 Å². The standard InChI is InChI=1S/C23H30NO/c1-17-11-12-18-21(20(17)19-10-6-9-15-24(19)4)25-22(2,3)16-23(18)13-7-5-8-14-23/h6,9-12,15H,5,7-8,13-14,16H2,1-4H3/q+1. The second kappa shape index (κ2) is 5.86. The monoisotopic (exact) mass is 336 g/mol. The first kappa shape index (κ1) is 16.6. The first-order valence-electron chi connectivity index (χ1n) is 9.70. The Balaban J connectivity index is 1.97. The summed E-state index contributed by atoms with van der Waals surface area (Å²) in [5.74, 6) is 1.14. The second-order valence-corrected chi connectivity index (χ2v) is 8.71. The number of nitrogens with zero attached hydrogens (tertiary/aromatic N) is 1. The average molecular weight is 336 g/mol. The predicted octanol–water partition coefficient (Wildman–Crippen LogP) is 5.25. The van der Waals surface area contributed by atoms with E-state index < -0.39 is 0 Å². The molecule has 0 N–H and O–H groups in total. The molecule has 132 valence electrons. The molecule has 0 bridgehead atoms. The summed E-state index contributed by atoms with van der Waals surface area (Å²) < 4.78 is 8.86. The molecule has 0 radical (unpaired) electrons. The lowest BCUT2D eigenvalue weighted by Crippen LogP contribution is -2.45. The van der Waals surface area contributed by atoms with Crippen molar-refractivity contribution < 1.29 is 9.30 Å². The highest BCUT2D eigenvalue weighted by atomic mass is 16.5. The molecule has 1 aromatic carbocycles. The van der Waals surface area contributed by atoms with Gasteiger partial charge in [-0.2, -0.15) is 0 Å². The maximum Gasteiger partial charge on any atom is 0.216 e. The van der Waals surface area contributed by atoms with E-state index in [4.69, 9.17) is 4.74 Å². The molecule has 1 aromatic heterocycles. The SMILES string of the molecule is Cc1ccc2c(c1-c1cccc[n+]1C)OC(C)(C)CC21CCCCC1. The van der Waals surface area contributed by atoms with E-state index in [-0.39, 0.29) is 5.60 Å². The first-order valence-corrected chi connectivity index (χ1v) is 9.70. The summed E-state index contributed by atoms with van der Waals surface area (Å²) in [6, 6.07) is 11.1. The number of hydrogen-bond acceptors (Lipinski definition) is 1. The molecule has 2 heterocycles. The van der Waals surface area contributed by atoms with E-state index in [9.17, 15) is 0 Å². The molecule has 1 spiro atoms. The van der Waals surface area contributed by atoms with E-state index in [1.807, 2.05) is 0 Å². The van der Waals surface area contributed by atoms with Gasteiger partial charge < -0.3 is 4.74 Å². The highest BCUT2D eigenvalue weighted by Crippen LogP contribution is 2.55. The average Bonchev–Trinajstić information content (AvgIpc) is 2.55. The van der Waals surface area contributed by atoms with Crippen LogP contribution < -0.4 is 9.30 Å². The Bertz CT molecular complexity index is 800. The molecule has 0 unspecified atom stereocenters. The number of ether oxygens (including phenoxy) is 1. The zero-order valence-electron chi connectivity index (χ0n) is 16.1. The van der Waals surface area contributed by atoms with Crippen LogP contribution in [0.4, 0.5) is 0 Å². The Labute approximate surface area is 151 Å². The van der Waals surface area contributed by atoms with Gasteiger partial charge >= 0.3 is 0 Å². The van der Waals surface area contributed by atoms with E-state index in [1.54, 1.807) is 0 Å². The van der Waals surface area contributed by atoms with Gasteiger partial charge in [0.2, 0.25) is 5.69 Å². The van der Waals surface area contributed by atoms with Crippen LogP contribution >= 0.6 is 0 Å². The van der Waals surface area contributed by atoms with Gasteiger partial charge in [0.25, 0.3) is 0 Å². The molecule has 0 amide bonds. The largest absolute Gasteiger partial charge is 0.487 e. The number of benzene rings is 1. The number of aromatic nitrogens is 1. The zero-order valence-corrected chi connectivity index (χ0v) is 16.1. The van der Waals surface area contributed by atoms with Crippen molar-refractivity contribution in [2.24, 2.45) is 7.05 Å². The fourth-order valence-corrected chi connectivity index (χ4v) is 5.20. The van der Waals surface area contributed by atoms with E-state index in [2.05, 4.69) is 68.9 Å². The van der Waals surface area contributed by atoms with Gasteiger partial charge in [-0.15, -0.1) is 0 Å². The summed E-state index contributed by atoms with van der Waals surface area (Å²) in [6.45, 7) is 6.74. The van der Waals surface area contributed by atoms with Crippen LogP contribution in [0.2, 0.25) is 0 Å². The number of hydrogen-bond donors (Lipinski definition) is 0. The summed E-state index contributed by atoms with van der Waals surface area (Å²) in [6.07, 6.45) is 9.93. The Kier molecular flexibility index (Phi) is 3.90. The molecule has 2 aromatic rings. The maximum atomic E-state index is 6.65. The Morgan fingerprint density at radius 2 is 1.76 bits per heavy atom. The van der Waals surface area contributed by atoms with Crippen molar-refractivity contribution in [2.45, 2.75) is 70.3 Å². The molecular weight excluding hydrogens is 306 g/mol. The molecule has 1 aliphatic carbocycles. The highest BCUT2D eigenvalue weighted by Gasteiger charge is 2.47. The van der Waals surface area contributed by atoms with Gasteiger partial charge in [0, 0.05) is 23.1 Å². The summed E-state index contributed by atoms with van der Waals surface area (Å²) in [5, 5.41) is 0. The molecule has 4 rings (SSSR count). The van der Waals surface area contributed by atoms with Crippen molar-refractivity contribution in [2.75, 3.05) is 0 Å². The number of rotatable bonds is 1. The smallest absolute Gasteiger partial charge is 0.216 e. The molecular formula is C23H30NO+. The van der Waals surface area contributed by atoms with Gasteiger partial charge in [-0.1, -0.05) is 31.4 Å². The van der Waals surface area contributed by atoms with Crippen LogP contribution in [0.5, 0.6) is 5.75 Å². The van der Waals surface area contributed by atoms with Crippen LogP contribution in [0.1, 0.15) is 63.5 Å². The molecule has 2 heteroatoms. The Morgan fingerprint density at radius 3 is 2.48 bits per heavy atom. The van der Waals surface area contributed by atoms with E-state index in [0.29, 0.717) is 5.41 Å². The predicted molar refractivity (Wildman–Crippen MR) is 102 cm³/mol. The Hall–Kier alpha value is -1.83. The second-order valence-electron chi connectivity index (χ2n) is 8.71. The van der Waals surface area contributed by atoms with Crippen molar-refractivity contribution in [1.82, 2.24) is 0 Å². The van der Waals surface area contributed by atoms with Gasteiger partial charge in [0.1, 0.15) is 18.4 Å². The minimum Gasteiger partial charge on any atom is -0.487 e. The van der Waals surface area contributed by atoms with E-state index in [1.165, 1.54) is 54.5 Å². The molecule has 1 saturated carbocycles. The van der Waals surface area contributed by atoms with Crippen LogP contribution in [0, 0.1) is 6.92 Å². The van der Waals surface area contributed by atoms with Gasteiger partial charge in [0.05, 0.1) is 5.56 Å². The summed E-state index contributed by atoms with van der Waals surface area (Å²) in [4.78, 5) is 0. The van der Waals surface area contributed by atoms with Crippen molar-refractivity contribution >= 4 is 0 Å². The van der Waals surface area contributed by atoms with E-state index >= 15 is 0 Å². The van der Waals surface area contributed by atoms with Gasteiger partial charge in [-0.05, 0) is 51.7 Å². The summed E-state index contributed by atoms with van der Waals surface area (Å²) in [7, 11) is 2.12. The van der Waals surface area contributed by atoms with E-state index in [0.717, 1.165) is 12.2 Å². The first-order chi connectivity index (χ1) is 11.9. The third-order valence-electron chi connectivity index (χ3n) is 6.20. The molecule has 2 aliphatic rings. The lowest BCUT2D eigenvalue weighted by atomic mass is 9.62. The fourth-order valence-electron chi connectivity index (χ4n) is 5.20. The van der Waals surface area contributed by atoms with Crippen molar-refractivity contribution in [3.8, 4) is 17.0 Å². The maximum absolute atomic E-state index is 6.65. The molecule has 2 nitrogen and oxygen atoms in total. The minimum atomic E-state index is -0.111. The van der Waals surface area contributed by atoms with Crippen LogP contribution in [-0.2, 0) is 12.5 Å². The van der Waals surface area contributed by atoms with Crippen molar-refractivity contribution in [3.63, 3.8) is 0 Å². The van der Waals surface area contributed by atoms with Gasteiger partial charge in [0.15, 0.2) is 6.20 Å². The summed E-state index contributed by atoms with van der Waals surface area (Å²) in [5.41, 5.74) is 5.45. The zero-order chi connectivity index (χ0) is 17.7. The summed E-state index contributed by atoms with van der Waals surface area (Å²) >= 11 is 0. The van der Waals surface area contributed by atoms with Crippen LogP contribution in [-0.4, -0.2) is 5.60 Å². The molecule has 0 saturated heterocycles. The lowest BCUT2D eigenvalue weighted by molar-refractivity contribution is -0.660. The molecule has 1 fully saturated rings. The van der Waals surface area contributed by atoms with Crippen LogP contribution in [0.25, 0.3) is 11.3 Å². The van der Waals surface area contributed by atoms with Gasteiger partial charge in [-0.25, -0.2) is 4.57 Å². The normalized spacial score (nSPS) is 20.8. The van der Waals surface area contributed by atoms with Crippen molar-refractivity contribution in [3.05, 3.63) is 47.7 Å². The lowest BCUT2D eigenvalue weighted by Gasteiger charge is -2.48. The minimum absolute atomic E-state index is 0.111. The van der Waals surface area contributed by atoms with Crippen LogP contribution in [0.3, 0.4) is 0 Å². The third-order valence-corrected chi connectivity index (χ3v) is 6.20. The topological polar surface area (TPSA) is 13.1 Å².